The van der Waals surface area contributed by atoms with Gasteiger partial charge in [-0.05, 0) is 31.0 Å². The summed E-state index contributed by atoms with van der Waals surface area (Å²) in [6.07, 6.45) is 4.84. The van der Waals surface area contributed by atoms with Crippen molar-refractivity contribution >= 4 is 12.0 Å². The molecule has 0 saturated carbocycles. The summed E-state index contributed by atoms with van der Waals surface area (Å²) < 4.78 is 6.63. The van der Waals surface area contributed by atoms with Gasteiger partial charge in [-0.2, -0.15) is 5.10 Å². The van der Waals surface area contributed by atoms with Crippen molar-refractivity contribution in [2.24, 2.45) is 5.11 Å². The molecule has 1 aromatic carbocycles. The minimum atomic E-state index is -0.658. The Hall–Kier alpha value is -3.05. The predicted octanol–water partition coefficient (Wildman–Crippen LogP) is 3.71. The number of azide groups is 1. The van der Waals surface area contributed by atoms with Gasteiger partial charge in [0.25, 0.3) is 0 Å². The first-order valence-electron chi connectivity index (χ1n) is 7.18. The van der Waals surface area contributed by atoms with Crippen molar-refractivity contribution in [1.29, 1.82) is 0 Å². The van der Waals surface area contributed by atoms with Crippen LogP contribution in [0.5, 0.6) is 0 Å². The predicted molar refractivity (Wildman–Crippen MR) is 86.2 cm³/mol. The molecule has 0 aliphatic heterocycles. The standard InChI is InChI=1S/C16H17N5O2/c1-3-23-16(22)15(19-20-17)9-13-10-18-21(11-13)12(2)14-7-5-4-6-8-14/h4-12H,3H2,1-2H3. The van der Waals surface area contributed by atoms with Crippen LogP contribution in [0.3, 0.4) is 0 Å². The maximum atomic E-state index is 11.7. The van der Waals surface area contributed by atoms with Gasteiger partial charge in [-0.25, -0.2) is 4.79 Å². The molecule has 0 aliphatic carbocycles. The van der Waals surface area contributed by atoms with E-state index in [4.69, 9.17) is 10.3 Å². The number of rotatable bonds is 6. The summed E-state index contributed by atoms with van der Waals surface area (Å²) in [6, 6.07) is 9.98. The van der Waals surface area contributed by atoms with Crippen LogP contribution in [0.15, 0.2) is 53.5 Å². The summed E-state index contributed by atoms with van der Waals surface area (Å²) in [5.74, 6) is -0.658. The molecule has 0 spiro atoms. The Morgan fingerprint density at radius 3 is 2.87 bits per heavy atom. The van der Waals surface area contributed by atoms with Crippen molar-refractivity contribution < 1.29 is 9.53 Å². The first kappa shape index (κ1) is 16.3. The van der Waals surface area contributed by atoms with E-state index in [2.05, 4.69) is 15.1 Å². The Morgan fingerprint density at radius 1 is 1.48 bits per heavy atom. The summed E-state index contributed by atoms with van der Waals surface area (Å²) in [5, 5.41) is 7.68. The SMILES string of the molecule is CCOC(=O)C(=Cc1cnn(C(C)c2ccccc2)c1)N=[N+]=[N-]. The Kier molecular flexibility index (Phi) is 5.55. The van der Waals surface area contributed by atoms with Gasteiger partial charge in [0.1, 0.15) is 5.70 Å². The highest BCUT2D eigenvalue weighted by molar-refractivity contribution is 5.93. The number of ether oxygens (including phenoxy) is 1. The van der Waals surface area contributed by atoms with Gasteiger partial charge in [0.05, 0.1) is 18.8 Å². The average molecular weight is 311 g/mol. The summed E-state index contributed by atoms with van der Waals surface area (Å²) in [5.41, 5.74) is 10.2. The topological polar surface area (TPSA) is 92.9 Å². The van der Waals surface area contributed by atoms with Gasteiger partial charge in [-0.3, -0.25) is 4.68 Å². The lowest BCUT2D eigenvalue weighted by atomic mass is 10.1. The molecule has 7 nitrogen and oxygen atoms in total. The van der Waals surface area contributed by atoms with Crippen molar-refractivity contribution in [1.82, 2.24) is 9.78 Å². The molecule has 118 valence electrons. The molecule has 0 N–H and O–H groups in total. The molecule has 7 heteroatoms. The summed E-state index contributed by atoms with van der Waals surface area (Å²) in [4.78, 5) is 14.4. The zero-order valence-electron chi connectivity index (χ0n) is 13.0. The quantitative estimate of drug-likeness (QED) is 0.267. The van der Waals surface area contributed by atoms with E-state index in [1.54, 1.807) is 24.0 Å². The molecular weight excluding hydrogens is 294 g/mol. The lowest BCUT2D eigenvalue weighted by Gasteiger charge is -2.11. The normalized spacial score (nSPS) is 12.3. The zero-order chi connectivity index (χ0) is 16.7. The lowest BCUT2D eigenvalue weighted by molar-refractivity contribution is -0.138. The molecule has 0 bridgehead atoms. The molecule has 2 aromatic rings. The lowest BCUT2D eigenvalue weighted by Crippen LogP contribution is -2.06. The molecule has 2 rings (SSSR count). The van der Waals surface area contributed by atoms with E-state index in [0.717, 1.165) is 5.56 Å². The molecule has 0 amide bonds. The highest BCUT2D eigenvalue weighted by atomic mass is 16.5. The van der Waals surface area contributed by atoms with Crippen LogP contribution in [0.25, 0.3) is 16.5 Å². The third-order valence-corrected chi connectivity index (χ3v) is 3.24. The van der Waals surface area contributed by atoms with Crippen LogP contribution in [0.2, 0.25) is 0 Å². The van der Waals surface area contributed by atoms with Gasteiger partial charge in [0.2, 0.25) is 0 Å². The third-order valence-electron chi connectivity index (χ3n) is 3.24. The van der Waals surface area contributed by atoms with E-state index >= 15 is 0 Å². The number of benzene rings is 1. The van der Waals surface area contributed by atoms with E-state index < -0.39 is 5.97 Å². The zero-order valence-corrected chi connectivity index (χ0v) is 13.0. The van der Waals surface area contributed by atoms with Crippen LogP contribution in [0.1, 0.15) is 31.0 Å². The van der Waals surface area contributed by atoms with E-state index in [0.29, 0.717) is 5.56 Å². The van der Waals surface area contributed by atoms with E-state index in [1.165, 1.54) is 6.08 Å². The fourth-order valence-electron chi connectivity index (χ4n) is 2.06. The van der Waals surface area contributed by atoms with E-state index in [-0.39, 0.29) is 18.3 Å². The number of carbonyl (C=O) groups excluding carboxylic acids is 1. The monoisotopic (exact) mass is 311 g/mol. The molecule has 23 heavy (non-hydrogen) atoms. The van der Waals surface area contributed by atoms with Crippen molar-refractivity contribution in [3.63, 3.8) is 0 Å². The Bertz CT molecular complexity index is 745. The van der Waals surface area contributed by atoms with Gasteiger partial charge in [0, 0.05) is 16.7 Å². The van der Waals surface area contributed by atoms with Crippen LogP contribution in [-0.4, -0.2) is 22.4 Å². The van der Waals surface area contributed by atoms with Gasteiger partial charge >= 0.3 is 5.97 Å². The van der Waals surface area contributed by atoms with Gasteiger partial charge < -0.3 is 4.74 Å². The van der Waals surface area contributed by atoms with Crippen LogP contribution in [-0.2, 0) is 9.53 Å². The smallest absolute Gasteiger partial charge is 0.340 e. The Labute approximate surface area is 133 Å². The molecule has 0 saturated heterocycles. The molecule has 0 fully saturated rings. The number of hydrogen-bond donors (Lipinski definition) is 0. The fraction of sp³-hybridized carbons (Fsp3) is 0.250. The maximum Gasteiger partial charge on any atom is 0.340 e. The van der Waals surface area contributed by atoms with Crippen molar-refractivity contribution in [3.8, 4) is 0 Å². The second kappa shape index (κ2) is 7.82. The summed E-state index contributed by atoms with van der Waals surface area (Å²) in [7, 11) is 0. The summed E-state index contributed by atoms with van der Waals surface area (Å²) in [6.45, 7) is 3.92. The molecule has 1 atom stereocenters. The van der Waals surface area contributed by atoms with Gasteiger partial charge in [0.15, 0.2) is 0 Å². The van der Waals surface area contributed by atoms with Crippen molar-refractivity contribution in [2.45, 2.75) is 19.9 Å². The second-order valence-corrected chi connectivity index (χ2v) is 4.78. The highest BCUT2D eigenvalue weighted by Gasteiger charge is 2.11. The molecule has 1 heterocycles. The molecule has 1 aromatic heterocycles. The van der Waals surface area contributed by atoms with Crippen LogP contribution in [0, 0.1) is 0 Å². The number of nitrogens with zero attached hydrogens (tertiary/aromatic N) is 5. The number of aromatic nitrogens is 2. The Balaban J connectivity index is 2.25. The van der Waals surface area contributed by atoms with Crippen LogP contribution in [0.4, 0.5) is 0 Å². The number of hydrogen-bond acceptors (Lipinski definition) is 4. The molecule has 1 unspecified atom stereocenters. The average Bonchev–Trinajstić information content (AvgIpc) is 3.03. The molecular formula is C16H17N5O2. The number of carbonyl (C=O) groups is 1. The number of esters is 1. The maximum absolute atomic E-state index is 11.7. The van der Waals surface area contributed by atoms with Crippen LogP contribution >= 0.6 is 0 Å². The molecule has 0 radical (unpaired) electrons. The third kappa shape index (κ3) is 4.21. The van der Waals surface area contributed by atoms with Gasteiger partial charge in [-0.1, -0.05) is 35.4 Å². The minimum Gasteiger partial charge on any atom is -0.462 e. The minimum absolute atomic E-state index is 0.0452. The van der Waals surface area contributed by atoms with Crippen molar-refractivity contribution in [3.05, 3.63) is 70.0 Å². The first-order chi connectivity index (χ1) is 11.2. The highest BCUT2D eigenvalue weighted by Crippen LogP contribution is 2.18. The van der Waals surface area contributed by atoms with Crippen LogP contribution < -0.4 is 0 Å². The second-order valence-electron chi connectivity index (χ2n) is 4.78. The summed E-state index contributed by atoms with van der Waals surface area (Å²) >= 11 is 0. The Morgan fingerprint density at radius 2 is 2.22 bits per heavy atom. The first-order valence-corrected chi connectivity index (χ1v) is 7.18. The fourth-order valence-corrected chi connectivity index (χ4v) is 2.06. The van der Waals surface area contributed by atoms with Gasteiger partial charge in [-0.15, -0.1) is 0 Å². The molecule has 0 aliphatic rings. The largest absolute Gasteiger partial charge is 0.462 e. The van der Waals surface area contributed by atoms with E-state index in [1.807, 2.05) is 37.3 Å². The van der Waals surface area contributed by atoms with E-state index in [9.17, 15) is 4.79 Å². The van der Waals surface area contributed by atoms with Crippen molar-refractivity contribution in [2.75, 3.05) is 6.61 Å².